The molecule has 1 aliphatic heterocycles. The highest BCUT2D eigenvalue weighted by molar-refractivity contribution is 9.09. The molecule has 3 heterocycles. The number of aromatic nitrogens is 3. The minimum Gasteiger partial charge on any atom is -0.355 e. The average molecular weight is 323 g/mol. The third-order valence-corrected chi connectivity index (χ3v) is 4.73. The van der Waals surface area contributed by atoms with Gasteiger partial charge in [0.2, 0.25) is 0 Å². The fraction of sp³-hybridized carbons (Fsp3) is 0.571. The second kappa shape index (κ2) is 5.12. The third kappa shape index (κ3) is 2.48. The van der Waals surface area contributed by atoms with Gasteiger partial charge in [-0.1, -0.05) is 22.9 Å². The molecule has 1 fully saturated rings. The first-order chi connectivity index (χ1) is 9.15. The van der Waals surface area contributed by atoms with Crippen LogP contribution in [0.2, 0.25) is 0 Å². The van der Waals surface area contributed by atoms with Gasteiger partial charge in [-0.3, -0.25) is 0 Å². The Morgan fingerprint density at radius 1 is 1.37 bits per heavy atom. The second-order valence-electron chi connectivity index (χ2n) is 5.37. The van der Waals surface area contributed by atoms with Crippen molar-refractivity contribution < 1.29 is 0 Å². The normalized spacial score (nSPS) is 19.0. The van der Waals surface area contributed by atoms with Crippen LogP contribution in [-0.2, 0) is 0 Å². The number of hydrogen-bond acceptors (Lipinski definition) is 3. The van der Waals surface area contributed by atoms with E-state index in [-0.39, 0.29) is 0 Å². The summed E-state index contributed by atoms with van der Waals surface area (Å²) in [5, 5.41) is 4.45. The molecule has 1 atom stereocenters. The van der Waals surface area contributed by atoms with Gasteiger partial charge in [-0.15, -0.1) is 0 Å². The lowest BCUT2D eigenvalue weighted by Crippen LogP contribution is -2.36. The van der Waals surface area contributed by atoms with Crippen molar-refractivity contribution >= 4 is 27.3 Å². The van der Waals surface area contributed by atoms with Crippen LogP contribution in [0.4, 0.5) is 5.82 Å². The zero-order valence-corrected chi connectivity index (χ0v) is 13.0. The predicted molar refractivity (Wildman–Crippen MR) is 81.1 cm³/mol. The fourth-order valence-corrected chi connectivity index (χ4v) is 3.37. The highest BCUT2D eigenvalue weighted by Crippen LogP contribution is 2.29. The van der Waals surface area contributed by atoms with Crippen LogP contribution in [0.25, 0.3) is 5.52 Å². The highest BCUT2D eigenvalue weighted by atomic mass is 79.9. The molecule has 3 rings (SSSR count). The quantitative estimate of drug-likeness (QED) is 0.797. The number of hydrogen-bond donors (Lipinski definition) is 0. The number of halogens is 1. The minimum atomic E-state index is 0.607. The molecule has 0 aliphatic carbocycles. The van der Waals surface area contributed by atoms with Crippen LogP contribution < -0.4 is 4.90 Å². The van der Waals surface area contributed by atoms with Crippen LogP contribution in [0.1, 0.15) is 25.5 Å². The number of piperidine rings is 1. The van der Waals surface area contributed by atoms with Gasteiger partial charge in [0, 0.05) is 30.3 Å². The smallest absolute Gasteiger partial charge is 0.154 e. The molecule has 102 valence electrons. The Hall–Kier alpha value is -1.10. The molecular weight excluding hydrogens is 304 g/mol. The number of nitrogens with zero attached hydrogens (tertiary/aromatic N) is 4. The molecule has 2 aromatic rings. The Kier molecular flexibility index (Phi) is 3.48. The summed E-state index contributed by atoms with van der Waals surface area (Å²) < 4.78 is 1.93. The van der Waals surface area contributed by atoms with Crippen LogP contribution in [0, 0.1) is 12.8 Å². The van der Waals surface area contributed by atoms with Gasteiger partial charge in [-0.05, 0) is 31.7 Å². The van der Waals surface area contributed by atoms with Crippen molar-refractivity contribution in [2.24, 2.45) is 5.92 Å². The molecule has 0 N–H and O–H groups in total. The molecule has 2 aromatic heterocycles. The van der Waals surface area contributed by atoms with E-state index < -0.39 is 0 Å². The first-order valence-electron chi connectivity index (χ1n) is 6.85. The summed E-state index contributed by atoms with van der Waals surface area (Å²) in [4.78, 5) is 7.57. The van der Waals surface area contributed by atoms with Gasteiger partial charge >= 0.3 is 0 Å². The van der Waals surface area contributed by atoms with E-state index in [1.165, 1.54) is 12.8 Å². The molecule has 1 saturated heterocycles. The Morgan fingerprint density at radius 3 is 2.79 bits per heavy atom. The van der Waals surface area contributed by atoms with E-state index >= 15 is 0 Å². The summed E-state index contributed by atoms with van der Waals surface area (Å²) in [7, 11) is 0. The first kappa shape index (κ1) is 12.9. The number of fused-ring (bicyclic) bond motifs is 1. The van der Waals surface area contributed by atoms with Gasteiger partial charge in [0.05, 0.1) is 5.69 Å². The lowest BCUT2D eigenvalue weighted by atomic mass is 9.94. The number of anilines is 1. The predicted octanol–water partition coefficient (Wildman–Crippen LogP) is 3.04. The Balaban J connectivity index is 1.85. The molecular formula is C14H19BrN4. The largest absolute Gasteiger partial charge is 0.355 e. The van der Waals surface area contributed by atoms with Gasteiger partial charge in [0.15, 0.2) is 5.82 Å². The van der Waals surface area contributed by atoms with Crippen molar-refractivity contribution in [3.63, 3.8) is 0 Å². The summed E-state index contributed by atoms with van der Waals surface area (Å²) in [5.74, 6) is 1.85. The van der Waals surface area contributed by atoms with E-state index in [1.54, 1.807) is 0 Å². The van der Waals surface area contributed by atoms with Gasteiger partial charge in [0.25, 0.3) is 0 Å². The van der Waals surface area contributed by atoms with E-state index in [0.29, 0.717) is 4.83 Å². The summed E-state index contributed by atoms with van der Waals surface area (Å²) >= 11 is 3.71. The number of rotatable bonds is 2. The summed E-state index contributed by atoms with van der Waals surface area (Å²) in [6.45, 7) is 6.43. The molecule has 1 aliphatic rings. The van der Waals surface area contributed by atoms with Crippen molar-refractivity contribution in [2.75, 3.05) is 18.0 Å². The summed E-state index contributed by atoms with van der Waals surface area (Å²) in [6.07, 6.45) is 6.21. The van der Waals surface area contributed by atoms with Gasteiger partial charge < -0.3 is 4.90 Å². The van der Waals surface area contributed by atoms with Crippen molar-refractivity contribution in [1.29, 1.82) is 0 Å². The molecule has 0 bridgehead atoms. The first-order valence-corrected chi connectivity index (χ1v) is 7.77. The van der Waals surface area contributed by atoms with E-state index in [1.807, 2.05) is 23.8 Å². The Morgan fingerprint density at radius 2 is 2.11 bits per heavy atom. The standard InChI is InChI=1S/C14H19BrN4/c1-10-9-13-14(16-5-8-19(13)17-10)18-6-3-12(4-7-18)11(2)15/h5,8-9,11-12H,3-4,6-7H2,1-2H3. The van der Waals surface area contributed by atoms with Gasteiger partial charge in [-0.2, -0.15) is 5.10 Å². The molecule has 0 spiro atoms. The zero-order chi connectivity index (χ0) is 13.4. The van der Waals surface area contributed by atoms with Crippen LogP contribution in [0.5, 0.6) is 0 Å². The lowest BCUT2D eigenvalue weighted by molar-refractivity contribution is 0.406. The molecule has 0 aromatic carbocycles. The number of alkyl halides is 1. The van der Waals surface area contributed by atoms with Crippen LogP contribution in [-0.4, -0.2) is 32.5 Å². The fourth-order valence-electron chi connectivity index (χ4n) is 2.84. The maximum Gasteiger partial charge on any atom is 0.154 e. The Labute approximate surface area is 121 Å². The topological polar surface area (TPSA) is 33.4 Å². The molecule has 0 radical (unpaired) electrons. The van der Waals surface area contributed by atoms with E-state index in [0.717, 1.165) is 36.0 Å². The number of aryl methyl sites for hydroxylation is 1. The van der Waals surface area contributed by atoms with Crippen LogP contribution >= 0.6 is 15.9 Å². The summed E-state index contributed by atoms with van der Waals surface area (Å²) in [5.41, 5.74) is 2.16. The molecule has 0 amide bonds. The minimum absolute atomic E-state index is 0.607. The third-order valence-electron chi connectivity index (χ3n) is 3.98. The van der Waals surface area contributed by atoms with Gasteiger partial charge in [-0.25, -0.2) is 9.50 Å². The average Bonchev–Trinajstić information content (AvgIpc) is 2.78. The van der Waals surface area contributed by atoms with E-state index in [2.05, 4.69) is 43.9 Å². The van der Waals surface area contributed by atoms with Crippen LogP contribution in [0.3, 0.4) is 0 Å². The van der Waals surface area contributed by atoms with Crippen molar-refractivity contribution in [1.82, 2.24) is 14.6 Å². The second-order valence-corrected chi connectivity index (χ2v) is 6.81. The van der Waals surface area contributed by atoms with Crippen molar-refractivity contribution in [2.45, 2.75) is 31.5 Å². The Bertz CT molecular complexity index is 570. The van der Waals surface area contributed by atoms with E-state index in [4.69, 9.17) is 0 Å². The molecule has 19 heavy (non-hydrogen) atoms. The lowest BCUT2D eigenvalue weighted by Gasteiger charge is -2.34. The highest BCUT2D eigenvalue weighted by Gasteiger charge is 2.24. The zero-order valence-electron chi connectivity index (χ0n) is 11.4. The molecule has 1 unspecified atom stereocenters. The van der Waals surface area contributed by atoms with Crippen molar-refractivity contribution in [3.8, 4) is 0 Å². The maximum atomic E-state index is 4.57. The van der Waals surface area contributed by atoms with Crippen LogP contribution in [0.15, 0.2) is 18.5 Å². The SMILES string of the molecule is Cc1cc2c(N3CCC(C(C)Br)CC3)nccn2n1. The molecule has 4 nitrogen and oxygen atoms in total. The summed E-state index contributed by atoms with van der Waals surface area (Å²) in [6, 6.07) is 2.11. The molecule has 0 saturated carbocycles. The van der Waals surface area contributed by atoms with Crippen molar-refractivity contribution in [3.05, 3.63) is 24.2 Å². The monoisotopic (exact) mass is 322 g/mol. The maximum absolute atomic E-state index is 4.57. The van der Waals surface area contributed by atoms with E-state index in [9.17, 15) is 0 Å². The van der Waals surface area contributed by atoms with Gasteiger partial charge in [0.1, 0.15) is 5.52 Å². The molecule has 5 heteroatoms.